The van der Waals surface area contributed by atoms with Crippen LogP contribution in [-0.4, -0.2) is 18.2 Å². The van der Waals surface area contributed by atoms with E-state index in [1.54, 1.807) is 25.3 Å². The van der Waals surface area contributed by atoms with E-state index in [1.807, 2.05) is 13.8 Å². The van der Waals surface area contributed by atoms with Gasteiger partial charge in [0.15, 0.2) is 0 Å². The van der Waals surface area contributed by atoms with Crippen LogP contribution in [0.2, 0.25) is 0 Å². The molecule has 0 aliphatic carbocycles. The highest BCUT2D eigenvalue weighted by molar-refractivity contribution is 5.94. The smallest absolute Gasteiger partial charge is 0.248 e. The second-order valence-electron chi connectivity index (χ2n) is 4.44. The van der Waals surface area contributed by atoms with E-state index in [9.17, 15) is 4.79 Å². The fourth-order valence-corrected chi connectivity index (χ4v) is 1.94. The molecule has 2 rings (SSSR count). The van der Waals surface area contributed by atoms with Crippen LogP contribution in [0.25, 0.3) is 0 Å². The number of methoxy groups -OCH3 is 1. The van der Waals surface area contributed by atoms with Crippen molar-refractivity contribution in [2.24, 2.45) is 5.73 Å². The highest BCUT2D eigenvalue weighted by atomic mass is 16.5. The summed E-state index contributed by atoms with van der Waals surface area (Å²) >= 11 is 0. The summed E-state index contributed by atoms with van der Waals surface area (Å²) in [4.78, 5) is 11.2. The van der Waals surface area contributed by atoms with Crippen LogP contribution in [0.3, 0.4) is 0 Å². The molecule has 0 bridgehead atoms. The lowest BCUT2D eigenvalue weighted by molar-refractivity contribution is 0.100. The Morgan fingerprint density at radius 1 is 1.45 bits per heavy atom. The van der Waals surface area contributed by atoms with Crippen LogP contribution in [0, 0.1) is 13.8 Å². The second-order valence-corrected chi connectivity index (χ2v) is 4.44. The number of ether oxygens (including phenoxy) is 1. The van der Waals surface area contributed by atoms with Crippen LogP contribution >= 0.6 is 0 Å². The quantitative estimate of drug-likeness (QED) is 0.871. The molecule has 0 fully saturated rings. The minimum atomic E-state index is -0.479. The number of nitrogens with one attached hydrogen (secondary N) is 1. The Balaban J connectivity index is 2.24. The molecule has 6 nitrogen and oxygen atoms in total. The molecule has 0 radical (unpaired) electrons. The third-order valence-electron chi connectivity index (χ3n) is 3.12. The predicted octanol–water partition coefficient (Wildman–Crippen LogP) is 2.01. The van der Waals surface area contributed by atoms with E-state index in [2.05, 4.69) is 10.5 Å². The van der Waals surface area contributed by atoms with Crippen molar-refractivity contribution in [3.63, 3.8) is 0 Å². The fourth-order valence-electron chi connectivity index (χ4n) is 1.94. The van der Waals surface area contributed by atoms with Crippen molar-refractivity contribution < 1.29 is 14.1 Å². The molecule has 0 saturated carbocycles. The van der Waals surface area contributed by atoms with E-state index >= 15 is 0 Å². The van der Waals surface area contributed by atoms with Crippen molar-refractivity contribution >= 4 is 11.6 Å². The van der Waals surface area contributed by atoms with Gasteiger partial charge in [-0.25, -0.2) is 0 Å². The lowest BCUT2D eigenvalue weighted by atomic mass is 10.1. The van der Waals surface area contributed by atoms with Gasteiger partial charge >= 0.3 is 0 Å². The summed E-state index contributed by atoms with van der Waals surface area (Å²) in [5.41, 5.74) is 8.22. The first-order valence-electron chi connectivity index (χ1n) is 6.16. The lowest BCUT2D eigenvalue weighted by Crippen LogP contribution is -2.12. The number of primary amides is 1. The number of carbonyl (C=O) groups is 1. The maximum atomic E-state index is 11.2. The first-order valence-corrected chi connectivity index (χ1v) is 6.16. The largest absolute Gasteiger partial charge is 0.495 e. The third-order valence-corrected chi connectivity index (χ3v) is 3.12. The van der Waals surface area contributed by atoms with Gasteiger partial charge in [0.05, 0.1) is 18.5 Å². The number of anilines is 1. The van der Waals surface area contributed by atoms with E-state index in [1.165, 1.54) is 0 Å². The minimum Gasteiger partial charge on any atom is -0.495 e. The van der Waals surface area contributed by atoms with Gasteiger partial charge < -0.3 is 20.3 Å². The third kappa shape index (κ3) is 2.74. The van der Waals surface area contributed by atoms with Crippen LogP contribution < -0.4 is 15.8 Å². The summed E-state index contributed by atoms with van der Waals surface area (Å²) < 4.78 is 10.4. The van der Waals surface area contributed by atoms with Gasteiger partial charge in [-0.1, -0.05) is 5.16 Å². The van der Waals surface area contributed by atoms with Crippen molar-refractivity contribution in [3.8, 4) is 5.75 Å². The summed E-state index contributed by atoms with van der Waals surface area (Å²) in [7, 11) is 1.57. The van der Waals surface area contributed by atoms with Crippen molar-refractivity contribution in [2.45, 2.75) is 20.4 Å². The molecule has 0 saturated heterocycles. The molecule has 106 valence electrons. The Morgan fingerprint density at radius 3 is 2.75 bits per heavy atom. The highest BCUT2D eigenvalue weighted by Crippen LogP contribution is 2.26. The normalized spacial score (nSPS) is 10.3. The van der Waals surface area contributed by atoms with Crippen molar-refractivity contribution in [2.75, 3.05) is 12.4 Å². The molecule has 3 N–H and O–H groups in total. The van der Waals surface area contributed by atoms with Gasteiger partial charge in [0, 0.05) is 17.7 Å². The summed E-state index contributed by atoms with van der Waals surface area (Å²) in [6, 6.07) is 5.00. The molecule has 1 heterocycles. The monoisotopic (exact) mass is 275 g/mol. The Hall–Kier alpha value is -2.50. The highest BCUT2D eigenvalue weighted by Gasteiger charge is 2.11. The zero-order valence-corrected chi connectivity index (χ0v) is 11.7. The molecule has 0 unspecified atom stereocenters. The van der Waals surface area contributed by atoms with Gasteiger partial charge in [-0.3, -0.25) is 4.79 Å². The zero-order valence-electron chi connectivity index (χ0n) is 11.7. The number of aromatic nitrogens is 1. The van der Waals surface area contributed by atoms with Gasteiger partial charge in [0.2, 0.25) is 5.91 Å². The van der Waals surface area contributed by atoms with Gasteiger partial charge in [-0.05, 0) is 32.0 Å². The van der Waals surface area contributed by atoms with E-state index in [0.29, 0.717) is 23.5 Å². The molecule has 6 heteroatoms. The summed E-state index contributed by atoms with van der Waals surface area (Å²) in [6.45, 7) is 4.26. The number of nitrogens with two attached hydrogens (primary N) is 1. The predicted molar refractivity (Wildman–Crippen MR) is 74.8 cm³/mol. The van der Waals surface area contributed by atoms with Crippen LogP contribution in [0.4, 0.5) is 5.69 Å². The number of rotatable bonds is 5. The first-order chi connectivity index (χ1) is 9.52. The van der Waals surface area contributed by atoms with E-state index in [-0.39, 0.29) is 0 Å². The second kappa shape index (κ2) is 5.64. The maximum Gasteiger partial charge on any atom is 0.248 e. The summed E-state index contributed by atoms with van der Waals surface area (Å²) in [5.74, 6) is 0.926. The van der Waals surface area contributed by atoms with Crippen molar-refractivity contribution in [3.05, 3.63) is 40.8 Å². The molecule has 0 aliphatic rings. The number of benzene rings is 1. The molecule has 0 aliphatic heterocycles. The van der Waals surface area contributed by atoms with Gasteiger partial charge in [-0.2, -0.15) is 0 Å². The number of hydrogen-bond acceptors (Lipinski definition) is 5. The Bertz CT molecular complexity index is 615. The lowest BCUT2D eigenvalue weighted by Gasteiger charge is -2.12. The zero-order chi connectivity index (χ0) is 14.7. The minimum absolute atomic E-state index is 0.423. The fraction of sp³-hybridized carbons (Fsp3) is 0.286. The Morgan fingerprint density at radius 2 is 2.20 bits per heavy atom. The molecule has 0 spiro atoms. The van der Waals surface area contributed by atoms with Crippen LogP contribution in [0.1, 0.15) is 27.4 Å². The molecular weight excluding hydrogens is 258 g/mol. The van der Waals surface area contributed by atoms with Gasteiger partial charge in [0.1, 0.15) is 11.5 Å². The molecule has 2 aromatic rings. The molecule has 1 aromatic heterocycles. The number of nitrogens with zero attached hydrogens (tertiary/aromatic N) is 1. The van der Waals surface area contributed by atoms with Gasteiger partial charge in [0.25, 0.3) is 0 Å². The topological polar surface area (TPSA) is 90.4 Å². The van der Waals surface area contributed by atoms with E-state index < -0.39 is 5.91 Å². The molecule has 20 heavy (non-hydrogen) atoms. The van der Waals surface area contributed by atoms with E-state index in [4.69, 9.17) is 15.0 Å². The van der Waals surface area contributed by atoms with Crippen LogP contribution in [0.15, 0.2) is 22.7 Å². The SMILES string of the molecule is COc1ccc(C(N)=O)cc1NCc1c(C)noc1C. The molecule has 1 amide bonds. The standard InChI is InChI=1S/C14H17N3O3/c1-8-11(9(2)20-17-8)7-16-12-6-10(14(15)18)4-5-13(12)19-3/h4-6,16H,7H2,1-3H3,(H2,15,18). The van der Waals surface area contributed by atoms with Crippen LogP contribution in [-0.2, 0) is 6.54 Å². The number of aryl methyl sites for hydroxylation is 2. The number of amides is 1. The Kier molecular flexibility index (Phi) is 3.93. The average Bonchev–Trinajstić information content (AvgIpc) is 2.75. The molecule has 1 aromatic carbocycles. The summed E-state index contributed by atoms with van der Waals surface area (Å²) in [6.07, 6.45) is 0. The first kappa shape index (κ1) is 13.9. The maximum absolute atomic E-state index is 11.2. The van der Waals surface area contributed by atoms with Crippen molar-refractivity contribution in [1.29, 1.82) is 0 Å². The van der Waals surface area contributed by atoms with Crippen molar-refractivity contribution in [1.82, 2.24) is 5.16 Å². The number of hydrogen-bond donors (Lipinski definition) is 2. The van der Waals surface area contributed by atoms with Crippen LogP contribution in [0.5, 0.6) is 5.75 Å². The average molecular weight is 275 g/mol. The van der Waals surface area contributed by atoms with E-state index in [0.717, 1.165) is 17.0 Å². The summed E-state index contributed by atoms with van der Waals surface area (Å²) in [5, 5.41) is 7.11. The molecule has 0 atom stereocenters. The molecular formula is C14H17N3O3. The number of carbonyl (C=O) groups excluding carboxylic acids is 1. The van der Waals surface area contributed by atoms with Gasteiger partial charge in [-0.15, -0.1) is 0 Å². The Labute approximate surface area is 116 Å².